The molecule has 0 aliphatic carbocycles. The molecular weight excluding hydrogens is 910 g/mol. The second-order valence-corrected chi connectivity index (χ2v) is 20.9. The van der Waals surface area contributed by atoms with Gasteiger partial charge in [0.1, 0.15) is 52.1 Å². The topological polar surface area (TPSA) is 120 Å². The summed E-state index contributed by atoms with van der Waals surface area (Å²) in [7, 11) is -11.9. The van der Waals surface area contributed by atoms with E-state index in [1.54, 1.807) is 53.1 Å². The van der Waals surface area contributed by atoms with Crippen LogP contribution in [0.3, 0.4) is 0 Å². The Morgan fingerprint density at radius 1 is 0.379 bits per heavy atom. The van der Waals surface area contributed by atoms with Crippen LogP contribution < -0.4 is 37.1 Å². The van der Waals surface area contributed by atoms with Crippen LogP contribution in [0.4, 0.5) is 0 Å². The second kappa shape index (κ2) is 21.8. The molecule has 0 bridgehead atoms. The summed E-state index contributed by atoms with van der Waals surface area (Å²) in [4.78, 5) is 21.2. The highest BCUT2D eigenvalue weighted by Gasteiger charge is 2.59. The first-order chi connectivity index (χ1) is 32.6. The van der Waals surface area contributed by atoms with Gasteiger partial charge in [0.15, 0.2) is 0 Å². The van der Waals surface area contributed by atoms with Gasteiger partial charge in [-0.3, -0.25) is 0 Å². The summed E-state index contributed by atoms with van der Waals surface area (Å²) in [6.07, 6.45) is 0. The third kappa shape index (κ3) is 11.1. The van der Waals surface area contributed by atoms with Crippen molar-refractivity contribution in [2.75, 3.05) is 0 Å². The lowest BCUT2D eigenvalue weighted by molar-refractivity contribution is 0.0377. The van der Waals surface area contributed by atoms with E-state index in [-0.39, 0.29) is 11.3 Å². The zero-order valence-electron chi connectivity index (χ0n) is 34.8. The molecule has 4 unspecified atom stereocenters. The molecule has 8 aromatic carbocycles. The number of hydrogen-bond donors (Lipinski definition) is 0. The molecule has 8 aromatic rings. The minimum atomic E-state index is -4.40. The van der Waals surface area contributed by atoms with E-state index in [0.29, 0.717) is 40.2 Å². The van der Waals surface area contributed by atoms with E-state index < -0.39 is 33.0 Å². The quantitative estimate of drug-likeness (QED) is 0.0858. The number of rotatable bonds is 16. The number of nitrogens with zero attached hydrogens (tertiary/aromatic N) is 5. The van der Waals surface area contributed by atoms with E-state index in [0.717, 1.165) is 0 Å². The van der Waals surface area contributed by atoms with E-state index in [1.807, 2.05) is 188 Å². The van der Waals surface area contributed by atoms with Crippen molar-refractivity contribution in [1.82, 2.24) is 13.8 Å². The largest absolute Gasteiger partial charge is 0.447 e. The lowest BCUT2D eigenvalue weighted by Gasteiger charge is -2.45. The number of hydrogen-bond acceptors (Lipinski definition) is 13. The molecule has 0 radical (unpaired) electrons. The smallest absolute Gasteiger partial charge is 0.440 e. The van der Waals surface area contributed by atoms with Gasteiger partial charge >= 0.3 is 33.0 Å². The molecule has 13 nitrogen and oxygen atoms in total. The van der Waals surface area contributed by atoms with E-state index in [2.05, 4.69) is 6.07 Å². The van der Waals surface area contributed by atoms with Crippen LogP contribution in [0.1, 0.15) is 5.56 Å². The van der Waals surface area contributed by atoms with Gasteiger partial charge < -0.3 is 37.1 Å². The Kier molecular flexibility index (Phi) is 14.6. The Hall–Kier alpha value is -6.95. The van der Waals surface area contributed by atoms with Crippen molar-refractivity contribution >= 4 is 33.0 Å². The van der Waals surface area contributed by atoms with Crippen molar-refractivity contribution in [2.45, 2.75) is 0 Å². The van der Waals surface area contributed by atoms with Gasteiger partial charge in [-0.1, -0.05) is 140 Å². The molecule has 0 saturated carbocycles. The molecule has 328 valence electrons. The Bertz CT molecular complexity index is 2850. The van der Waals surface area contributed by atoms with Gasteiger partial charge in [-0.25, -0.2) is 0 Å². The fourth-order valence-electron chi connectivity index (χ4n) is 5.91. The van der Waals surface area contributed by atoms with E-state index >= 15 is 0 Å². The van der Waals surface area contributed by atoms with Crippen LogP contribution in [-0.2, 0) is 0 Å². The van der Waals surface area contributed by atoms with Gasteiger partial charge in [0.2, 0.25) is 0 Å². The van der Waals surface area contributed by atoms with E-state index in [1.165, 1.54) is 9.21 Å². The van der Waals surface area contributed by atoms with Gasteiger partial charge in [-0.05, 0) is 97.1 Å². The van der Waals surface area contributed by atoms with Crippen LogP contribution in [0.25, 0.3) is 0 Å². The molecule has 17 heteroatoms. The molecule has 1 heterocycles. The zero-order valence-corrected chi connectivity index (χ0v) is 38.4. The number of nitriles is 1. The number of benzene rings is 8. The second-order valence-electron chi connectivity index (χ2n) is 13.6. The van der Waals surface area contributed by atoms with E-state index in [9.17, 15) is 5.26 Å². The summed E-state index contributed by atoms with van der Waals surface area (Å²) in [6, 6.07) is 73.5. The van der Waals surface area contributed by atoms with Crippen LogP contribution in [0.15, 0.2) is 241 Å². The zero-order chi connectivity index (χ0) is 44.8. The van der Waals surface area contributed by atoms with Gasteiger partial charge in [0, 0.05) is 13.8 Å². The summed E-state index contributed by atoms with van der Waals surface area (Å²) < 4.78 is 46.0. The first-order valence-electron chi connectivity index (χ1n) is 20.4. The predicted octanol–water partition coefficient (Wildman–Crippen LogP) is 14.8. The van der Waals surface area contributed by atoms with E-state index in [4.69, 9.17) is 41.6 Å². The predicted molar refractivity (Wildman–Crippen MR) is 257 cm³/mol. The SMILES string of the molecule is N#Cc1ccccc1OP1(Oc2ccccc2)=NP(Oc2ccccc2)N(Oc2ccccc2)P(Oc2ccccc2)N(Oc2ccccc2)P(Oc2ccccc2)N1Oc1ccccc1. The highest BCUT2D eigenvalue weighted by Crippen LogP contribution is 2.78. The maximum Gasteiger partial charge on any atom is 0.447 e. The summed E-state index contributed by atoms with van der Waals surface area (Å²) in [6.45, 7) is 0. The number of para-hydroxylation sites is 8. The molecule has 66 heavy (non-hydrogen) atoms. The lowest BCUT2D eigenvalue weighted by atomic mass is 10.2. The highest BCUT2D eigenvalue weighted by atomic mass is 31.3. The molecule has 0 aromatic heterocycles. The van der Waals surface area contributed by atoms with Crippen molar-refractivity contribution in [3.63, 3.8) is 0 Å². The van der Waals surface area contributed by atoms with Crippen LogP contribution >= 0.6 is 33.0 Å². The third-order valence-electron chi connectivity index (χ3n) is 8.91. The maximum absolute atomic E-state index is 10.6. The minimum absolute atomic E-state index is 0.147. The molecule has 0 fully saturated rings. The maximum atomic E-state index is 10.6. The van der Waals surface area contributed by atoms with Gasteiger partial charge in [0.25, 0.3) is 0 Å². The molecule has 1 aliphatic rings. The Morgan fingerprint density at radius 2 is 0.758 bits per heavy atom. The fraction of sp³-hybridized carbons (Fsp3) is 0. The molecule has 0 amide bonds. The fourth-order valence-corrected chi connectivity index (χ4v) is 15.7. The summed E-state index contributed by atoms with van der Waals surface area (Å²) in [5, 5.41) is 10.6. The Labute approximate surface area is 386 Å². The molecule has 1 aliphatic heterocycles. The monoisotopic (exact) mass is 949 g/mol. The Balaban J connectivity index is 1.41. The molecule has 0 spiro atoms. The lowest BCUT2D eigenvalue weighted by Crippen LogP contribution is -2.39. The van der Waals surface area contributed by atoms with Crippen LogP contribution in [0.5, 0.6) is 46.0 Å². The highest BCUT2D eigenvalue weighted by molar-refractivity contribution is 7.78. The average Bonchev–Trinajstić information content (AvgIpc) is 3.37. The Morgan fingerprint density at radius 3 is 1.24 bits per heavy atom. The average molecular weight is 950 g/mol. The van der Waals surface area contributed by atoms with Crippen LogP contribution in [0, 0.1) is 11.3 Å². The molecule has 0 N–H and O–H groups in total. The van der Waals surface area contributed by atoms with Gasteiger partial charge in [-0.15, -0.1) is 4.52 Å². The van der Waals surface area contributed by atoms with Gasteiger partial charge in [0.05, 0.1) is 5.56 Å². The summed E-state index contributed by atoms with van der Waals surface area (Å²) in [5.41, 5.74) is 0.205. The molecule has 9 rings (SSSR count). The molecular formula is C49H39N5O8P4. The molecule has 4 atom stereocenters. The summed E-state index contributed by atoms with van der Waals surface area (Å²) >= 11 is 0. The first kappa shape index (κ1) is 44.3. The first-order valence-corrected chi connectivity index (χ1v) is 25.4. The summed E-state index contributed by atoms with van der Waals surface area (Å²) in [5.74, 6) is 3.04. The third-order valence-corrected chi connectivity index (χ3v) is 17.8. The van der Waals surface area contributed by atoms with Gasteiger partial charge in [-0.2, -0.15) is 5.26 Å². The van der Waals surface area contributed by atoms with Crippen molar-refractivity contribution < 1.29 is 37.1 Å². The van der Waals surface area contributed by atoms with Crippen molar-refractivity contribution in [3.8, 4) is 52.1 Å². The minimum Gasteiger partial charge on any atom is -0.440 e. The van der Waals surface area contributed by atoms with Crippen LogP contribution in [-0.4, -0.2) is 13.8 Å². The van der Waals surface area contributed by atoms with Crippen molar-refractivity contribution in [3.05, 3.63) is 242 Å². The van der Waals surface area contributed by atoms with Crippen molar-refractivity contribution in [2.24, 2.45) is 4.52 Å². The van der Waals surface area contributed by atoms with Crippen LogP contribution in [0.2, 0.25) is 0 Å². The molecule has 0 saturated heterocycles. The standard InChI is InChI=1S/C49H39N5O8P4/c50-40-41-24-22-23-39-49(41)62-66(61-48-37-20-7-21-38-48)51-63(58-45-31-14-4-15-32-45)52(55-42-25-8-1-9-26-42)64(59-46-33-16-5-17-34-46)53(56-43-27-10-2-11-28-43)65(60-47-35-18-6-19-36-47)54(66)57-44-29-12-3-13-30-44/h1-39H. The van der Waals surface area contributed by atoms with Crippen molar-refractivity contribution in [1.29, 1.82) is 5.26 Å². The normalized spacial score (nSPS) is 18.7.